The molecule has 0 aliphatic carbocycles. The molecule has 0 radical (unpaired) electrons. The predicted octanol–water partition coefficient (Wildman–Crippen LogP) is 4.49. The fourth-order valence-corrected chi connectivity index (χ4v) is 5.62. The molecule has 5 N–H and O–H groups in total. The third kappa shape index (κ3) is 4.11. The molecule has 0 spiro atoms. The van der Waals surface area contributed by atoms with Crippen LogP contribution in [0.3, 0.4) is 0 Å². The molecule has 0 fully saturated rings. The Bertz CT molecular complexity index is 1090. The van der Waals surface area contributed by atoms with E-state index in [1.54, 1.807) is 0 Å². The predicted molar refractivity (Wildman–Crippen MR) is 116 cm³/mol. The van der Waals surface area contributed by atoms with Gasteiger partial charge in [-0.25, -0.2) is 13.1 Å². The highest BCUT2D eigenvalue weighted by Gasteiger charge is 2.28. The van der Waals surface area contributed by atoms with Gasteiger partial charge in [0.05, 0.1) is 10.7 Å². The number of nitrogens with one attached hydrogen (secondary N) is 1. The number of halogens is 2. The molecule has 3 aromatic rings. The lowest BCUT2D eigenvalue weighted by Gasteiger charge is -2.26. The minimum Gasteiger partial charge on any atom is -0.398 e. The summed E-state index contributed by atoms with van der Waals surface area (Å²) in [5.74, 6) is 0. The van der Waals surface area contributed by atoms with Crippen molar-refractivity contribution in [2.24, 2.45) is 5.73 Å². The number of fused-ring (bicyclic) bond motifs is 1. The average molecular weight is 438 g/mol. The van der Waals surface area contributed by atoms with Crippen LogP contribution in [0.4, 0.5) is 5.69 Å². The average Bonchev–Trinajstić information content (AvgIpc) is 2.64. The van der Waals surface area contributed by atoms with Gasteiger partial charge in [0.15, 0.2) is 0 Å². The Balaban J connectivity index is 1.98. The topological polar surface area (TPSA) is 98.2 Å². The van der Waals surface area contributed by atoms with Gasteiger partial charge in [0.2, 0.25) is 10.0 Å². The number of nitrogens with two attached hydrogens (primary N) is 2. The van der Waals surface area contributed by atoms with E-state index in [1.165, 1.54) is 12.1 Å². The van der Waals surface area contributed by atoms with Gasteiger partial charge in [-0.2, -0.15) is 0 Å². The van der Waals surface area contributed by atoms with Gasteiger partial charge in [0, 0.05) is 17.1 Å². The molecular weight excluding hydrogens is 417 g/mol. The van der Waals surface area contributed by atoms with Gasteiger partial charge in [0.25, 0.3) is 0 Å². The number of nitrogen functional groups attached to an aromatic ring is 1. The summed E-state index contributed by atoms with van der Waals surface area (Å²) in [6, 6.07) is 15.2. The Kier molecular flexibility index (Phi) is 6.17. The van der Waals surface area contributed by atoms with Crippen molar-refractivity contribution in [1.82, 2.24) is 4.72 Å². The SMILES string of the molecule is CCC(NS(=O)(=O)c1c(N)cc(Cl)cc1Cl)C(N)c1cccc2ccccc12. The maximum Gasteiger partial charge on any atom is 0.244 e. The molecule has 0 aliphatic rings. The summed E-state index contributed by atoms with van der Waals surface area (Å²) in [7, 11) is -4.00. The summed E-state index contributed by atoms with van der Waals surface area (Å²) in [6.07, 6.45) is 0.481. The van der Waals surface area contributed by atoms with E-state index in [1.807, 2.05) is 49.4 Å². The molecule has 2 unspecified atom stereocenters. The third-order valence-corrected chi connectivity index (χ3v) is 6.90. The van der Waals surface area contributed by atoms with Crippen LogP contribution in [0.15, 0.2) is 59.5 Å². The van der Waals surface area contributed by atoms with Gasteiger partial charge in [-0.1, -0.05) is 72.6 Å². The van der Waals surface area contributed by atoms with Crippen LogP contribution in [0.5, 0.6) is 0 Å². The van der Waals surface area contributed by atoms with Crippen molar-refractivity contribution in [2.75, 3.05) is 5.73 Å². The van der Waals surface area contributed by atoms with Gasteiger partial charge >= 0.3 is 0 Å². The van der Waals surface area contributed by atoms with E-state index in [0.717, 1.165) is 16.3 Å². The van der Waals surface area contributed by atoms with Crippen LogP contribution in [-0.2, 0) is 10.0 Å². The first kappa shape index (κ1) is 20.9. The van der Waals surface area contributed by atoms with Crippen molar-refractivity contribution in [1.29, 1.82) is 0 Å². The summed E-state index contributed by atoms with van der Waals surface area (Å²) in [5.41, 5.74) is 13.2. The van der Waals surface area contributed by atoms with Gasteiger partial charge in [0.1, 0.15) is 4.90 Å². The largest absolute Gasteiger partial charge is 0.398 e. The van der Waals surface area contributed by atoms with Crippen LogP contribution in [0.25, 0.3) is 10.8 Å². The maximum atomic E-state index is 13.0. The van der Waals surface area contributed by atoms with E-state index in [4.69, 9.17) is 34.7 Å². The van der Waals surface area contributed by atoms with E-state index in [2.05, 4.69) is 4.72 Å². The van der Waals surface area contributed by atoms with E-state index >= 15 is 0 Å². The number of benzene rings is 3. The van der Waals surface area contributed by atoms with Gasteiger partial charge in [-0.15, -0.1) is 0 Å². The highest BCUT2D eigenvalue weighted by atomic mass is 35.5. The second kappa shape index (κ2) is 8.27. The zero-order chi connectivity index (χ0) is 20.5. The molecule has 0 aromatic heterocycles. The van der Waals surface area contributed by atoms with Crippen LogP contribution in [0.2, 0.25) is 10.0 Å². The lowest BCUT2D eigenvalue weighted by Crippen LogP contribution is -2.42. The molecule has 5 nitrogen and oxygen atoms in total. The fourth-order valence-electron chi connectivity index (χ4n) is 3.29. The second-order valence-electron chi connectivity index (χ2n) is 6.54. The van der Waals surface area contributed by atoms with E-state index in [-0.39, 0.29) is 20.6 Å². The first-order chi connectivity index (χ1) is 13.2. The molecular formula is C20H21Cl2N3O2S. The molecule has 0 heterocycles. The van der Waals surface area contributed by atoms with E-state index < -0.39 is 22.1 Å². The molecule has 0 amide bonds. The third-order valence-electron chi connectivity index (χ3n) is 4.67. The van der Waals surface area contributed by atoms with Crippen LogP contribution in [0, 0.1) is 0 Å². The Morgan fingerprint density at radius 3 is 2.43 bits per heavy atom. The number of hydrogen-bond donors (Lipinski definition) is 3. The molecule has 2 atom stereocenters. The van der Waals surface area contributed by atoms with Crippen molar-refractivity contribution in [3.05, 3.63) is 70.2 Å². The van der Waals surface area contributed by atoms with Crippen molar-refractivity contribution in [3.8, 4) is 0 Å². The van der Waals surface area contributed by atoms with Crippen LogP contribution in [-0.4, -0.2) is 14.5 Å². The second-order valence-corrected chi connectivity index (χ2v) is 9.03. The summed E-state index contributed by atoms with van der Waals surface area (Å²) in [5, 5.41) is 2.25. The monoisotopic (exact) mass is 437 g/mol. The molecule has 8 heteroatoms. The minimum absolute atomic E-state index is 0.0152. The number of hydrogen-bond acceptors (Lipinski definition) is 4. The molecule has 0 aliphatic heterocycles. The Morgan fingerprint density at radius 2 is 1.75 bits per heavy atom. The van der Waals surface area contributed by atoms with Crippen LogP contribution in [0.1, 0.15) is 24.9 Å². The highest BCUT2D eigenvalue weighted by molar-refractivity contribution is 7.89. The molecule has 148 valence electrons. The Hall–Kier alpha value is -1.83. The summed E-state index contributed by atoms with van der Waals surface area (Å²) in [4.78, 5) is -0.192. The van der Waals surface area contributed by atoms with Crippen LogP contribution < -0.4 is 16.2 Å². The van der Waals surface area contributed by atoms with Gasteiger partial charge in [-0.05, 0) is 34.9 Å². The molecule has 28 heavy (non-hydrogen) atoms. The lowest BCUT2D eigenvalue weighted by molar-refractivity contribution is 0.479. The normalized spacial score (nSPS) is 14.1. The van der Waals surface area contributed by atoms with Crippen molar-refractivity contribution in [3.63, 3.8) is 0 Å². The molecule has 3 rings (SSSR count). The standard InChI is InChI=1S/C20H21Cl2N3O2S/c1-2-18(19(24)15-9-5-7-12-6-3-4-8-14(12)15)25-28(26,27)20-16(22)10-13(21)11-17(20)23/h3-11,18-19,25H,2,23-24H2,1H3. The number of sulfonamides is 1. The summed E-state index contributed by atoms with van der Waals surface area (Å²) < 4.78 is 28.6. The highest BCUT2D eigenvalue weighted by Crippen LogP contribution is 2.32. The van der Waals surface area contributed by atoms with E-state index in [9.17, 15) is 8.42 Å². The first-order valence-electron chi connectivity index (χ1n) is 8.74. The maximum absolute atomic E-state index is 13.0. The fraction of sp³-hybridized carbons (Fsp3) is 0.200. The van der Waals surface area contributed by atoms with Crippen molar-refractivity contribution in [2.45, 2.75) is 30.3 Å². The summed E-state index contributed by atoms with van der Waals surface area (Å²) in [6.45, 7) is 1.87. The van der Waals surface area contributed by atoms with Gasteiger partial charge < -0.3 is 11.5 Å². The zero-order valence-corrected chi connectivity index (χ0v) is 17.5. The zero-order valence-electron chi connectivity index (χ0n) is 15.2. The smallest absolute Gasteiger partial charge is 0.244 e. The van der Waals surface area contributed by atoms with Crippen LogP contribution >= 0.6 is 23.2 Å². The molecule has 0 saturated heterocycles. The minimum atomic E-state index is -4.00. The summed E-state index contributed by atoms with van der Waals surface area (Å²) >= 11 is 12.0. The molecule has 0 bridgehead atoms. The van der Waals surface area contributed by atoms with Gasteiger partial charge in [-0.3, -0.25) is 0 Å². The number of rotatable bonds is 6. The quantitative estimate of drug-likeness (QED) is 0.494. The Morgan fingerprint density at radius 1 is 1.07 bits per heavy atom. The Labute approximate surface area is 174 Å². The van der Waals surface area contributed by atoms with E-state index in [0.29, 0.717) is 6.42 Å². The number of anilines is 1. The molecule has 3 aromatic carbocycles. The van der Waals surface area contributed by atoms with Crippen molar-refractivity contribution >= 4 is 49.7 Å². The first-order valence-corrected chi connectivity index (χ1v) is 11.0. The molecule has 0 saturated carbocycles. The van der Waals surface area contributed by atoms with Crippen molar-refractivity contribution < 1.29 is 8.42 Å². The lowest BCUT2D eigenvalue weighted by atomic mass is 9.94.